The van der Waals surface area contributed by atoms with E-state index in [9.17, 15) is 18.8 Å². The predicted molar refractivity (Wildman–Crippen MR) is 99.4 cm³/mol. The zero-order chi connectivity index (χ0) is 20.0. The third-order valence-electron chi connectivity index (χ3n) is 3.77. The molecule has 2 aromatic rings. The number of aryl methyl sites for hydroxylation is 1. The van der Waals surface area contributed by atoms with Crippen molar-refractivity contribution in [1.29, 1.82) is 0 Å². The molecule has 27 heavy (non-hydrogen) atoms. The first-order valence-electron chi connectivity index (χ1n) is 8.29. The van der Waals surface area contributed by atoms with Crippen LogP contribution in [0.4, 0.5) is 9.39 Å². The molecule has 0 aliphatic heterocycles. The van der Waals surface area contributed by atoms with Crippen LogP contribution in [-0.4, -0.2) is 31.1 Å². The lowest BCUT2D eigenvalue weighted by molar-refractivity contribution is -0.146. The third kappa shape index (κ3) is 5.37. The largest absolute Gasteiger partial charge is 0.462 e. The highest BCUT2D eigenvalue weighted by atomic mass is 32.1. The number of hydrogen-bond donors (Lipinski definition) is 1. The van der Waals surface area contributed by atoms with E-state index in [-0.39, 0.29) is 18.6 Å². The third-order valence-corrected chi connectivity index (χ3v) is 4.90. The lowest BCUT2D eigenvalue weighted by Crippen LogP contribution is -2.22. The number of thiophene rings is 1. The number of hydrogen-bond acceptors (Lipinski definition) is 6. The van der Waals surface area contributed by atoms with Crippen LogP contribution in [-0.2, 0) is 25.5 Å². The number of rotatable bonds is 7. The Morgan fingerprint density at radius 1 is 1.15 bits per heavy atom. The number of nitrogens with one attached hydrogen (secondary N) is 1. The Morgan fingerprint density at radius 2 is 1.85 bits per heavy atom. The van der Waals surface area contributed by atoms with Gasteiger partial charge in [0.1, 0.15) is 10.8 Å². The van der Waals surface area contributed by atoms with E-state index in [1.54, 1.807) is 19.9 Å². The van der Waals surface area contributed by atoms with Crippen LogP contribution in [0.15, 0.2) is 24.3 Å². The number of anilines is 1. The van der Waals surface area contributed by atoms with E-state index < -0.39 is 30.3 Å². The van der Waals surface area contributed by atoms with Crippen LogP contribution in [0.5, 0.6) is 0 Å². The molecule has 0 saturated heterocycles. The number of halogens is 1. The van der Waals surface area contributed by atoms with Gasteiger partial charge in [0, 0.05) is 4.88 Å². The molecule has 1 amide bonds. The summed E-state index contributed by atoms with van der Waals surface area (Å²) < 4.78 is 23.4. The van der Waals surface area contributed by atoms with E-state index in [1.807, 2.05) is 6.92 Å². The highest BCUT2D eigenvalue weighted by Gasteiger charge is 2.22. The highest BCUT2D eigenvalue weighted by molar-refractivity contribution is 7.16. The molecule has 0 radical (unpaired) electrons. The zero-order valence-corrected chi connectivity index (χ0v) is 16.1. The molecule has 0 spiro atoms. The Morgan fingerprint density at radius 3 is 2.52 bits per heavy atom. The quantitative estimate of drug-likeness (QED) is 0.729. The van der Waals surface area contributed by atoms with Crippen molar-refractivity contribution in [2.45, 2.75) is 27.2 Å². The zero-order valence-electron chi connectivity index (χ0n) is 15.3. The SMILES string of the molecule is CCOC(=O)c1c(NC(=O)COC(=O)Cc2ccccc2F)sc(C)c1C. The molecular formula is C19H20FNO5S. The fraction of sp³-hybridized carbons (Fsp3) is 0.316. The van der Waals surface area contributed by atoms with Crippen molar-refractivity contribution in [2.75, 3.05) is 18.5 Å². The Labute approximate surface area is 160 Å². The van der Waals surface area contributed by atoms with Gasteiger partial charge in [-0.1, -0.05) is 18.2 Å². The fourth-order valence-corrected chi connectivity index (χ4v) is 3.39. The molecule has 0 saturated carbocycles. The summed E-state index contributed by atoms with van der Waals surface area (Å²) in [5.41, 5.74) is 1.22. The van der Waals surface area contributed by atoms with E-state index >= 15 is 0 Å². The monoisotopic (exact) mass is 393 g/mol. The first kappa shape index (κ1) is 20.6. The first-order valence-corrected chi connectivity index (χ1v) is 9.11. The molecule has 2 rings (SSSR count). The normalized spacial score (nSPS) is 10.4. The Hall–Kier alpha value is -2.74. The van der Waals surface area contributed by atoms with Crippen LogP contribution in [0.25, 0.3) is 0 Å². The van der Waals surface area contributed by atoms with Gasteiger partial charge in [-0.15, -0.1) is 11.3 Å². The van der Waals surface area contributed by atoms with Crippen LogP contribution in [0.3, 0.4) is 0 Å². The van der Waals surface area contributed by atoms with Gasteiger partial charge in [0.2, 0.25) is 0 Å². The van der Waals surface area contributed by atoms with Gasteiger partial charge in [0.15, 0.2) is 6.61 Å². The minimum absolute atomic E-state index is 0.192. The maximum atomic E-state index is 13.5. The smallest absolute Gasteiger partial charge is 0.341 e. The number of carbonyl (C=O) groups excluding carboxylic acids is 3. The minimum Gasteiger partial charge on any atom is -0.462 e. The maximum absolute atomic E-state index is 13.5. The molecule has 6 nitrogen and oxygen atoms in total. The van der Waals surface area contributed by atoms with Gasteiger partial charge in [-0.2, -0.15) is 0 Å². The minimum atomic E-state index is -0.723. The van der Waals surface area contributed by atoms with E-state index in [4.69, 9.17) is 9.47 Å². The van der Waals surface area contributed by atoms with Gasteiger partial charge in [-0.05, 0) is 38.0 Å². The van der Waals surface area contributed by atoms with Gasteiger partial charge < -0.3 is 14.8 Å². The molecule has 144 valence electrons. The van der Waals surface area contributed by atoms with Gasteiger partial charge in [0.25, 0.3) is 5.91 Å². The molecular weight excluding hydrogens is 373 g/mol. The topological polar surface area (TPSA) is 81.7 Å². The van der Waals surface area contributed by atoms with Crippen LogP contribution >= 0.6 is 11.3 Å². The van der Waals surface area contributed by atoms with Crippen molar-refractivity contribution < 1.29 is 28.2 Å². The van der Waals surface area contributed by atoms with Crippen molar-refractivity contribution in [3.63, 3.8) is 0 Å². The van der Waals surface area contributed by atoms with Gasteiger partial charge in [0.05, 0.1) is 18.6 Å². The predicted octanol–water partition coefficient (Wildman–Crippen LogP) is 3.41. The summed E-state index contributed by atoms with van der Waals surface area (Å²) in [7, 11) is 0. The van der Waals surface area contributed by atoms with Crippen LogP contribution in [0.2, 0.25) is 0 Å². The molecule has 1 aromatic carbocycles. The highest BCUT2D eigenvalue weighted by Crippen LogP contribution is 2.33. The fourth-order valence-electron chi connectivity index (χ4n) is 2.32. The summed E-state index contributed by atoms with van der Waals surface area (Å²) in [4.78, 5) is 36.8. The summed E-state index contributed by atoms with van der Waals surface area (Å²) >= 11 is 1.24. The van der Waals surface area contributed by atoms with Crippen LogP contribution in [0, 0.1) is 19.7 Å². The molecule has 1 aromatic heterocycles. The van der Waals surface area contributed by atoms with Crippen molar-refractivity contribution in [3.05, 3.63) is 51.7 Å². The average Bonchev–Trinajstić information content (AvgIpc) is 2.89. The summed E-state index contributed by atoms with van der Waals surface area (Å²) in [5, 5.41) is 2.92. The molecule has 0 aliphatic carbocycles. The number of esters is 2. The van der Waals surface area contributed by atoms with E-state index in [0.29, 0.717) is 10.6 Å². The number of benzene rings is 1. The molecule has 0 aliphatic rings. The molecule has 8 heteroatoms. The standard InChI is InChI=1S/C19H20FNO5S/c1-4-25-19(24)17-11(2)12(3)27-18(17)21-15(22)10-26-16(23)9-13-7-5-6-8-14(13)20/h5-8H,4,9-10H2,1-3H3,(H,21,22). The second-order valence-corrected chi connectivity index (χ2v) is 6.91. The molecule has 1 N–H and O–H groups in total. The van der Waals surface area contributed by atoms with Crippen molar-refractivity contribution in [1.82, 2.24) is 0 Å². The Bertz CT molecular complexity index is 862. The molecule has 1 heterocycles. The molecule has 0 unspecified atom stereocenters. The Balaban J connectivity index is 1.96. The van der Waals surface area contributed by atoms with Gasteiger partial charge in [-0.25, -0.2) is 9.18 Å². The maximum Gasteiger partial charge on any atom is 0.341 e. The molecule has 0 fully saturated rings. The molecule has 0 bridgehead atoms. The number of ether oxygens (including phenoxy) is 2. The molecule has 0 atom stereocenters. The van der Waals surface area contributed by atoms with Crippen molar-refractivity contribution >= 4 is 34.2 Å². The van der Waals surface area contributed by atoms with E-state index in [1.165, 1.54) is 29.5 Å². The lowest BCUT2D eigenvalue weighted by atomic mass is 10.1. The van der Waals surface area contributed by atoms with E-state index in [0.717, 1.165) is 10.4 Å². The van der Waals surface area contributed by atoms with Gasteiger partial charge in [-0.3, -0.25) is 9.59 Å². The second kappa shape index (κ2) is 9.27. The number of amides is 1. The van der Waals surface area contributed by atoms with Crippen LogP contribution < -0.4 is 5.32 Å². The lowest BCUT2D eigenvalue weighted by Gasteiger charge is -2.08. The summed E-state index contributed by atoms with van der Waals surface area (Å²) in [5.74, 6) is -2.35. The van der Waals surface area contributed by atoms with Crippen molar-refractivity contribution in [2.24, 2.45) is 0 Å². The summed E-state index contributed by atoms with van der Waals surface area (Å²) in [6.45, 7) is 4.97. The van der Waals surface area contributed by atoms with Crippen LogP contribution in [0.1, 0.15) is 33.3 Å². The Kier molecular flexibility index (Phi) is 7.06. The average molecular weight is 393 g/mol. The second-order valence-electron chi connectivity index (χ2n) is 5.68. The van der Waals surface area contributed by atoms with E-state index in [2.05, 4.69) is 5.32 Å². The van der Waals surface area contributed by atoms with Gasteiger partial charge >= 0.3 is 11.9 Å². The summed E-state index contributed by atoms with van der Waals surface area (Å²) in [6, 6.07) is 5.84. The summed E-state index contributed by atoms with van der Waals surface area (Å²) in [6.07, 6.45) is -0.273. The first-order chi connectivity index (χ1) is 12.8. The van der Waals surface area contributed by atoms with Crippen molar-refractivity contribution in [3.8, 4) is 0 Å². The number of carbonyl (C=O) groups is 3.